The van der Waals surface area contributed by atoms with Crippen molar-refractivity contribution in [2.24, 2.45) is 0 Å². The minimum absolute atomic E-state index is 0.161. The van der Waals surface area contributed by atoms with Crippen LogP contribution >= 0.6 is 0 Å². The van der Waals surface area contributed by atoms with Crippen molar-refractivity contribution in [3.63, 3.8) is 0 Å². The van der Waals surface area contributed by atoms with Crippen molar-refractivity contribution in [3.05, 3.63) is 0 Å². The summed E-state index contributed by atoms with van der Waals surface area (Å²) in [6, 6.07) is -0.560. The van der Waals surface area contributed by atoms with E-state index in [1.54, 1.807) is 6.92 Å². The molecule has 0 aromatic carbocycles. The Bertz CT molecular complexity index is 285. The van der Waals surface area contributed by atoms with Gasteiger partial charge in [0.15, 0.2) is 0 Å². The van der Waals surface area contributed by atoms with Crippen molar-refractivity contribution in [2.45, 2.75) is 26.3 Å². The lowest BCUT2D eigenvalue weighted by Crippen LogP contribution is -2.50. The monoisotopic (exact) mass is 276 g/mol. The Labute approximate surface area is 113 Å². The van der Waals surface area contributed by atoms with Crippen LogP contribution < -0.4 is 0 Å². The van der Waals surface area contributed by atoms with Crippen molar-refractivity contribution in [1.29, 1.82) is 0 Å². The van der Waals surface area contributed by atoms with Crippen LogP contribution in [0.1, 0.15) is 20.3 Å². The van der Waals surface area contributed by atoms with Crippen LogP contribution in [0.2, 0.25) is 0 Å². The minimum atomic E-state index is -1.05. The van der Waals surface area contributed by atoms with E-state index in [-0.39, 0.29) is 31.8 Å². The molecule has 0 spiro atoms. The van der Waals surface area contributed by atoms with E-state index in [1.165, 1.54) is 16.9 Å². The first-order valence-corrected chi connectivity index (χ1v) is 6.35. The second-order valence-electron chi connectivity index (χ2n) is 4.26. The molecule has 0 radical (unpaired) electrons. The van der Waals surface area contributed by atoms with E-state index in [0.717, 1.165) is 0 Å². The van der Waals surface area contributed by atoms with Gasteiger partial charge in [-0.15, -0.1) is 0 Å². The molecule has 0 aromatic heterocycles. The minimum Gasteiger partial charge on any atom is -0.480 e. The third-order valence-corrected chi connectivity index (χ3v) is 2.88. The first-order valence-electron chi connectivity index (χ1n) is 6.35. The van der Waals surface area contributed by atoms with Crippen molar-refractivity contribution < 1.29 is 24.5 Å². The molecule has 7 heteroatoms. The number of aliphatic hydroxyl groups is 1. The molecule has 2 amide bonds. The lowest BCUT2D eigenvalue weighted by atomic mass is 10.2. The number of aliphatic carboxylic acids is 1. The van der Waals surface area contributed by atoms with Gasteiger partial charge in [-0.1, -0.05) is 6.92 Å². The van der Waals surface area contributed by atoms with Gasteiger partial charge < -0.3 is 24.7 Å². The molecule has 0 aliphatic carbocycles. The van der Waals surface area contributed by atoms with Crippen LogP contribution in [0.3, 0.4) is 0 Å². The Balaban J connectivity index is 4.83. The van der Waals surface area contributed by atoms with Crippen LogP contribution in [-0.4, -0.2) is 78.0 Å². The Morgan fingerprint density at radius 3 is 2.37 bits per heavy atom. The lowest BCUT2D eigenvalue weighted by molar-refractivity contribution is -0.138. The molecule has 0 rings (SSSR count). The topological polar surface area (TPSA) is 90.3 Å². The maximum Gasteiger partial charge on any atom is 0.323 e. The number of carbonyl (C=O) groups excluding carboxylic acids is 1. The number of amides is 2. The number of nitrogens with zero attached hydrogens (tertiary/aromatic N) is 2. The second-order valence-corrected chi connectivity index (χ2v) is 4.26. The highest BCUT2D eigenvalue weighted by Gasteiger charge is 2.25. The fourth-order valence-corrected chi connectivity index (χ4v) is 1.59. The molecule has 0 saturated carbocycles. The predicted octanol–water partition coefficient (Wildman–Crippen LogP) is 0.232. The number of aliphatic hydroxyl groups excluding tert-OH is 1. The van der Waals surface area contributed by atoms with Gasteiger partial charge in [-0.05, 0) is 13.3 Å². The van der Waals surface area contributed by atoms with Gasteiger partial charge in [-0.2, -0.15) is 0 Å². The SMILES string of the molecule is CCC(C)N(CC(=O)O)C(=O)N(CCO)CCOC. The second kappa shape index (κ2) is 9.57. The summed E-state index contributed by atoms with van der Waals surface area (Å²) < 4.78 is 4.91. The molecular formula is C12H24N2O5. The zero-order valence-electron chi connectivity index (χ0n) is 11.8. The fourth-order valence-electron chi connectivity index (χ4n) is 1.59. The zero-order valence-corrected chi connectivity index (χ0v) is 11.8. The van der Waals surface area contributed by atoms with E-state index in [4.69, 9.17) is 14.9 Å². The summed E-state index contributed by atoms with van der Waals surface area (Å²) in [6.07, 6.45) is 0.663. The van der Waals surface area contributed by atoms with Crippen LogP contribution in [0.25, 0.3) is 0 Å². The van der Waals surface area contributed by atoms with E-state index < -0.39 is 5.97 Å². The number of carboxylic acid groups (broad SMARTS) is 1. The summed E-state index contributed by atoms with van der Waals surface area (Å²) in [5.74, 6) is -1.05. The molecule has 19 heavy (non-hydrogen) atoms. The summed E-state index contributed by atoms with van der Waals surface area (Å²) in [5, 5.41) is 17.9. The quantitative estimate of drug-likeness (QED) is 0.629. The average molecular weight is 276 g/mol. The molecule has 0 fully saturated rings. The zero-order chi connectivity index (χ0) is 14.8. The van der Waals surface area contributed by atoms with Gasteiger partial charge in [-0.3, -0.25) is 4.79 Å². The molecule has 0 bridgehead atoms. The number of hydrogen-bond acceptors (Lipinski definition) is 4. The third kappa shape index (κ3) is 6.40. The van der Waals surface area contributed by atoms with Crippen LogP contribution in [-0.2, 0) is 9.53 Å². The highest BCUT2D eigenvalue weighted by Crippen LogP contribution is 2.08. The predicted molar refractivity (Wildman–Crippen MR) is 70.0 cm³/mol. The van der Waals surface area contributed by atoms with Crippen LogP contribution in [0.4, 0.5) is 4.79 Å². The smallest absolute Gasteiger partial charge is 0.323 e. The number of carbonyl (C=O) groups is 2. The van der Waals surface area contributed by atoms with Gasteiger partial charge in [0.2, 0.25) is 0 Å². The number of urea groups is 1. The summed E-state index contributed by atoms with van der Waals surface area (Å²) in [7, 11) is 1.52. The first-order chi connectivity index (χ1) is 8.97. The summed E-state index contributed by atoms with van der Waals surface area (Å²) in [6.45, 7) is 4.00. The summed E-state index contributed by atoms with van der Waals surface area (Å²) >= 11 is 0. The van der Waals surface area contributed by atoms with Gasteiger partial charge in [0.25, 0.3) is 0 Å². The molecule has 112 valence electrons. The van der Waals surface area contributed by atoms with Gasteiger partial charge in [-0.25, -0.2) is 4.79 Å². The molecule has 0 aliphatic rings. The van der Waals surface area contributed by atoms with Gasteiger partial charge in [0.1, 0.15) is 6.54 Å². The molecule has 2 N–H and O–H groups in total. The summed E-state index contributed by atoms with van der Waals surface area (Å²) in [4.78, 5) is 25.8. The standard InChI is InChI=1S/C12H24N2O5/c1-4-10(2)14(9-11(16)17)12(18)13(5-7-15)6-8-19-3/h10,15H,4-9H2,1-3H3,(H,16,17). The maximum absolute atomic E-state index is 12.3. The van der Waals surface area contributed by atoms with E-state index in [2.05, 4.69) is 0 Å². The Hall–Kier alpha value is -1.34. The molecule has 0 aliphatic heterocycles. The van der Waals surface area contributed by atoms with Crippen molar-refractivity contribution in [2.75, 3.05) is 40.0 Å². The molecule has 1 unspecified atom stereocenters. The highest BCUT2D eigenvalue weighted by molar-refractivity contribution is 5.80. The van der Waals surface area contributed by atoms with Crippen LogP contribution in [0.15, 0.2) is 0 Å². The molecule has 7 nitrogen and oxygen atoms in total. The van der Waals surface area contributed by atoms with Gasteiger partial charge in [0, 0.05) is 26.2 Å². The number of methoxy groups -OCH3 is 1. The van der Waals surface area contributed by atoms with E-state index in [0.29, 0.717) is 19.6 Å². The number of hydrogen-bond donors (Lipinski definition) is 2. The molecular weight excluding hydrogens is 252 g/mol. The summed E-state index contributed by atoms with van der Waals surface area (Å²) in [5.41, 5.74) is 0. The Morgan fingerprint density at radius 1 is 1.32 bits per heavy atom. The van der Waals surface area contributed by atoms with Gasteiger partial charge >= 0.3 is 12.0 Å². The van der Waals surface area contributed by atoms with Crippen molar-refractivity contribution in [1.82, 2.24) is 9.80 Å². The van der Waals surface area contributed by atoms with Gasteiger partial charge in [0.05, 0.1) is 13.2 Å². The first kappa shape index (κ1) is 17.7. The van der Waals surface area contributed by atoms with E-state index in [9.17, 15) is 9.59 Å². The third-order valence-electron chi connectivity index (χ3n) is 2.88. The fraction of sp³-hybridized carbons (Fsp3) is 0.833. The average Bonchev–Trinajstić information content (AvgIpc) is 2.39. The molecule has 0 heterocycles. The van der Waals surface area contributed by atoms with Crippen LogP contribution in [0, 0.1) is 0 Å². The van der Waals surface area contributed by atoms with Crippen LogP contribution in [0.5, 0.6) is 0 Å². The van der Waals surface area contributed by atoms with Crippen molar-refractivity contribution in [3.8, 4) is 0 Å². The number of carboxylic acids is 1. The largest absolute Gasteiger partial charge is 0.480 e. The highest BCUT2D eigenvalue weighted by atomic mass is 16.5. The lowest BCUT2D eigenvalue weighted by Gasteiger charge is -2.33. The molecule has 0 saturated heterocycles. The molecule has 1 atom stereocenters. The number of rotatable bonds is 9. The van der Waals surface area contributed by atoms with Crippen molar-refractivity contribution >= 4 is 12.0 Å². The Kier molecular flexibility index (Phi) is 8.90. The number of ether oxygens (including phenoxy) is 1. The normalized spacial score (nSPS) is 12.0. The van der Waals surface area contributed by atoms with E-state index in [1.807, 2.05) is 6.92 Å². The van der Waals surface area contributed by atoms with E-state index >= 15 is 0 Å². The maximum atomic E-state index is 12.3. The molecule has 0 aromatic rings. The Morgan fingerprint density at radius 2 is 1.95 bits per heavy atom.